The Balaban J connectivity index is 1.87. The van der Waals surface area contributed by atoms with Crippen molar-refractivity contribution in [3.8, 4) is 0 Å². The van der Waals surface area contributed by atoms with Gasteiger partial charge in [-0.1, -0.05) is 13.3 Å². The molecule has 0 aromatic carbocycles. The predicted octanol–water partition coefficient (Wildman–Crippen LogP) is 0.531. The molecule has 2 bridgehead atoms. The Morgan fingerprint density at radius 1 is 1.21 bits per heavy atom. The maximum Gasteiger partial charge on any atom is 0.208 e. The van der Waals surface area contributed by atoms with Gasteiger partial charge in [-0.2, -0.15) is 0 Å². The van der Waals surface area contributed by atoms with Crippen LogP contribution >= 0.6 is 0 Å². The number of hydrogen-bond acceptors (Lipinski definition) is 4. The van der Waals surface area contributed by atoms with E-state index < -0.39 is 10.0 Å². The Labute approximate surface area is 117 Å². The molecule has 2 rings (SSSR count). The first-order chi connectivity index (χ1) is 8.99. The van der Waals surface area contributed by atoms with Gasteiger partial charge in [-0.25, -0.2) is 13.1 Å². The zero-order valence-corrected chi connectivity index (χ0v) is 12.9. The summed E-state index contributed by atoms with van der Waals surface area (Å²) in [6, 6.07) is 1.93. The molecule has 2 unspecified atom stereocenters. The lowest BCUT2D eigenvalue weighted by molar-refractivity contribution is 0.0270. The highest BCUT2D eigenvalue weighted by Crippen LogP contribution is 2.33. The van der Waals surface area contributed by atoms with Gasteiger partial charge in [-0.15, -0.1) is 0 Å². The van der Waals surface area contributed by atoms with Gasteiger partial charge in [-0.05, 0) is 32.2 Å². The fourth-order valence-corrected chi connectivity index (χ4v) is 4.12. The minimum atomic E-state index is -3.06. The number of piperidine rings is 2. The maximum absolute atomic E-state index is 11.1. The van der Waals surface area contributed by atoms with E-state index in [2.05, 4.69) is 21.9 Å². The Bertz CT molecular complexity index is 371. The number of nitrogens with zero attached hydrogens (tertiary/aromatic N) is 1. The normalized spacial score (nSPS) is 32.4. The van der Waals surface area contributed by atoms with Crippen molar-refractivity contribution in [2.45, 2.75) is 57.2 Å². The molecule has 19 heavy (non-hydrogen) atoms. The van der Waals surface area contributed by atoms with Gasteiger partial charge < -0.3 is 5.32 Å². The van der Waals surface area contributed by atoms with Gasteiger partial charge >= 0.3 is 0 Å². The lowest BCUT2D eigenvalue weighted by Gasteiger charge is -2.49. The number of fused-ring (bicyclic) bond motifs is 2. The molecule has 2 aliphatic rings. The number of nitrogens with one attached hydrogen (secondary N) is 2. The molecule has 0 aliphatic carbocycles. The fourth-order valence-electron chi connectivity index (χ4n) is 3.66. The number of rotatable bonds is 6. The molecular formula is C13H27N3O2S. The summed E-state index contributed by atoms with van der Waals surface area (Å²) in [4.78, 5) is 2.54. The first kappa shape index (κ1) is 15.2. The molecule has 0 spiro atoms. The molecule has 0 saturated carbocycles. The maximum atomic E-state index is 11.1. The second-order valence-electron chi connectivity index (χ2n) is 5.87. The van der Waals surface area contributed by atoms with Crippen LogP contribution in [0.5, 0.6) is 0 Å². The summed E-state index contributed by atoms with van der Waals surface area (Å²) in [6.07, 6.45) is 7.50. The topological polar surface area (TPSA) is 61.4 Å². The zero-order chi connectivity index (χ0) is 13.9. The summed E-state index contributed by atoms with van der Waals surface area (Å²) in [7, 11) is -3.06. The van der Waals surface area contributed by atoms with Crippen molar-refractivity contribution in [2.24, 2.45) is 0 Å². The van der Waals surface area contributed by atoms with Gasteiger partial charge in [0.2, 0.25) is 10.0 Å². The third kappa shape index (κ3) is 4.41. The van der Waals surface area contributed by atoms with Crippen LogP contribution in [0.3, 0.4) is 0 Å². The molecule has 0 radical (unpaired) electrons. The summed E-state index contributed by atoms with van der Waals surface area (Å²) >= 11 is 0. The Morgan fingerprint density at radius 3 is 2.37 bits per heavy atom. The Hall–Kier alpha value is -0.170. The van der Waals surface area contributed by atoms with Crippen LogP contribution in [0.1, 0.15) is 39.0 Å². The van der Waals surface area contributed by atoms with Crippen molar-refractivity contribution in [2.75, 3.05) is 25.9 Å². The fraction of sp³-hybridized carbons (Fsp3) is 1.00. The first-order valence-corrected chi connectivity index (χ1v) is 9.32. The van der Waals surface area contributed by atoms with Gasteiger partial charge in [-0.3, -0.25) is 4.90 Å². The van der Waals surface area contributed by atoms with Crippen LogP contribution < -0.4 is 10.0 Å². The largest absolute Gasteiger partial charge is 0.314 e. The van der Waals surface area contributed by atoms with Crippen molar-refractivity contribution in [1.82, 2.24) is 14.9 Å². The van der Waals surface area contributed by atoms with E-state index in [0.717, 1.165) is 13.1 Å². The smallest absolute Gasteiger partial charge is 0.208 e. The van der Waals surface area contributed by atoms with Gasteiger partial charge in [0.25, 0.3) is 0 Å². The highest BCUT2D eigenvalue weighted by atomic mass is 32.2. The van der Waals surface area contributed by atoms with E-state index in [-0.39, 0.29) is 0 Å². The predicted molar refractivity (Wildman–Crippen MR) is 77.7 cm³/mol. The summed E-state index contributed by atoms with van der Waals surface area (Å²) in [5.74, 6) is 0. The third-order valence-electron chi connectivity index (χ3n) is 4.35. The van der Waals surface area contributed by atoms with Crippen molar-refractivity contribution in [3.05, 3.63) is 0 Å². The van der Waals surface area contributed by atoms with E-state index in [1.807, 2.05) is 0 Å². The second kappa shape index (κ2) is 6.52. The zero-order valence-electron chi connectivity index (χ0n) is 12.1. The van der Waals surface area contributed by atoms with Crippen molar-refractivity contribution in [3.63, 3.8) is 0 Å². The molecule has 0 amide bonds. The molecule has 2 atom stereocenters. The van der Waals surface area contributed by atoms with E-state index >= 15 is 0 Å². The minimum absolute atomic E-state index is 0.539. The highest BCUT2D eigenvalue weighted by molar-refractivity contribution is 7.88. The molecule has 2 fully saturated rings. The molecular weight excluding hydrogens is 262 g/mol. The molecule has 2 saturated heterocycles. The molecule has 2 heterocycles. The summed E-state index contributed by atoms with van der Waals surface area (Å²) in [6.45, 7) is 4.59. The highest BCUT2D eigenvalue weighted by Gasteiger charge is 2.37. The average molecular weight is 289 g/mol. The van der Waals surface area contributed by atoms with Crippen LogP contribution in [-0.4, -0.2) is 57.3 Å². The van der Waals surface area contributed by atoms with E-state index in [1.165, 1.54) is 38.4 Å². The molecule has 0 aromatic rings. The first-order valence-electron chi connectivity index (χ1n) is 7.43. The number of hydrogen-bond donors (Lipinski definition) is 2. The lowest BCUT2D eigenvalue weighted by atomic mass is 9.81. The third-order valence-corrected chi connectivity index (χ3v) is 5.08. The average Bonchev–Trinajstić information content (AvgIpc) is 2.28. The van der Waals surface area contributed by atoms with E-state index in [9.17, 15) is 8.42 Å². The van der Waals surface area contributed by atoms with Crippen LogP contribution in [0.2, 0.25) is 0 Å². The second-order valence-corrected chi connectivity index (χ2v) is 7.70. The lowest BCUT2D eigenvalue weighted by Crippen LogP contribution is -2.57. The minimum Gasteiger partial charge on any atom is -0.314 e. The van der Waals surface area contributed by atoms with Crippen molar-refractivity contribution < 1.29 is 8.42 Å². The molecule has 2 N–H and O–H groups in total. The number of sulfonamides is 1. The monoisotopic (exact) mass is 289 g/mol. The molecule has 0 aromatic heterocycles. The Kier molecular flexibility index (Phi) is 5.22. The van der Waals surface area contributed by atoms with Crippen LogP contribution in [0.25, 0.3) is 0 Å². The molecule has 5 nitrogen and oxygen atoms in total. The molecule has 6 heteroatoms. The van der Waals surface area contributed by atoms with Crippen molar-refractivity contribution in [1.29, 1.82) is 0 Å². The molecule has 2 aliphatic heterocycles. The van der Waals surface area contributed by atoms with Crippen molar-refractivity contribution >= 4 is 10.0 Å². The summed E-state index contributed by atoms with van der Waals surface area (Å²) < 4.78 is 24.8. The van der Waals surface area contributed by atoms with Gasteiger partial charge in [0, 0.05) is 31.2 Å². The molecule has 112 valence electrons. The quantitative estimate of drug-likeness (QED) is 0.749. The SMILES string of the molecule is CCNC1CC2CCCC(C1)N2CCNS(C)(=O)=O. The van der Waals surface area contributed by atoms with E-state index in [4.69, 9.17) is 0 Å². The van der Waals surface area contributed by atoms with Crippen LogP contribution in [0.4, 0.5) is 0 Å². The van der Waals surface area contributed by atoms with E-state index in [1.54, 1.807) is 0 Å². The van der Waals surface area contributed by atoms with Crippen LogP contribution in [0.15, 0.2) is 0 Å². The van der Waals surface area contributed by atoms with Crippen LogP contribution in [0, 0.1) is 0 Å². The van der Waals surface area contributed by atoms with Crippen LogP contribution in [-0.2, 0) is 10.0 Å². The van der Waals surface area contributed by atoms with Gasteiger partial charge in [0.05, 0.1) is 6.26 Å². The summed E-state index contributed by atoms with van der Waals surface area (Å²) in [5, 5.41) is 3.58. The van der Waals surface area contributed by atoms with E-state index in [0.29, 0.717) is 24.7 Å². The standard InChI is InChI=1S/C13H27N3O2S/c1-3-14-11-9-12-5-4-6-13(10-11)16(12)8-7-15-19(2,17)18/h11-15H,3-10H2,1-2H3. The Morgan fingerprint density at radius 2 is 1.84 bits per heavy atom. The van der Waals surface area contributed by atoms with Gasteiger partial charge in [0.15, 0.2) is 0 Å². The van der Waals surface area contributed by atoms with Gasteiger partial charge in [0.1, 0.15) is 0 Å². The summed E-state index contributed by atoms with van der Waals surface area (Å²) in [5.41, 5.74) is 0.